The standard InChI is InChI=1S/C13H16BrN3S/c1-3-5-9-8-12(15-4-2)17-13(16-9)10-6-7-11(14)18-10/h6-8H,3-5H2,1-2H3,(H,15,16,17). The first-order valence-corrected chi connectivity index (χ1v) is 7.71. The van der Waals surface area contributed by atoms with E-state index in [0.29, 0.717) is 0 Å². The third-order valence-corrected chi connectivity index (χ3v) is 4.06. The second kappa shape index (κ2) is 6.29. The lowest BCUT2D eigenvalue weighted by atomic mass is 10.2. The van der Waals surface area contributed by atoms with Crippen LogP contribution in [0.2, 0.25) is 0 Å². The molecule has 1 N–H and O–H groups in total. The number of aryl methyl sites for hydroxylation is 1. The minimum Gasteiger partial charge on any atom is -0.370 e. The number of nitrogens with one attached hydrogen (secondary N) is 1. The molecule has 0 unspecified atom stereocenters. The van der Waals surface area contributed by atoms with Gasteiger partial charge in [-0.25, -0.2) is 9.97 Å². The Morgan fingerprint density at radius 3 is 2.72 bits per heavy atom. The summed E-state index contributed by atoms with van der Waals surface area (Å²) in [4.78, 5) is 10.3. The molecule has 0 aliphatic carbocycles. The Morgan fingerprint density at radius 1 is 1.28 bits per heavy atom. The van der Waals surface area contributed by atoms with Crippen molar-refractivity contribution in [2.75, 3.05) is 11.9 Å². The number of anilines is 1. The van der Waals surface area contributed by atoms with Crippen LogP contribution in [0.5, 0.6) is 0 Å². The highest BCUT2D eigenvalue weighted by molar-refractivity contribution is 9.11. The first-order valence-electron chi connectivity index (χ1n) is 6.10. The number of hydrogen-bond donors (Lipinski definition) is 1. The van der Waals surface area contributed by atoms with Gasteiger partial charge in [-0.2, -0.15) is 0 Å². The molecule has 0 saturated heterocycles. The van der Waals surface area contributed by atoms with E-state index >= 15 is 0 Å². The van der Waals surface area contributed by atoms with E-state index in [1.165, 1.54) is 0 Å². The molecule has 0 aromatic carbocycles. The molecule has 0 aliphatic rings. The summed E-state index contributed by atoms with van der Waals surface area (Å²) in [5, 5.41) is 3.27. The van der Waals surface area contributed by atoms with Crippen molar-refractivity contribution in [3.05, 3.63) is 27.7 Å². The van der Waals surface area contributed by atoms with Crippen molar-refractivity contribution in [1.29, 1.82) is 0 Å². The summed E-state index contributed by atoms with van der Waals surface area (Å²) in [6.45, 7) is 5.11. The molecule has 2 aromatic rings. The van der Waals surface area contributed by atoms with E-state index in [1.807, 2.05) is 12.1 Å². The maximum Gasteiger partial charge on any atom is 0.171 e. The zero-order valence-corrected chi connectivity index (χ0v) is 12.9. The molecule has 18 heavy (non-hydrogen) atoms. The van der Waals surface area contributed by atoms with Crippen LogP contribution in [-0.2, 0) is 6.42 Å². The predicted octanol–water partition coefficient (Wildman–Crippen LogP) is 4.35. The van der Waals surface area contributed by atoms with Crippen molar-refractivity contribution in [2.45, 2.75) is 26.7 Å². The van der Waals surface area contributed by atoms with Crippen molar-refractivity contribution < 1.29 is 0 Å². The van der Waals surface area contributed by atoms with E-state index in [-0.39, 0.29) is 0 Å². The normalized spacial score (nSPS) is 10.6. The van der Waals surface area contributed by atoms with E-state index in [0.717, 1.165) is 45.4 Å². The lowest BCUT2D eigenvalue weighted by molar-refractivity contribution is 0.875. The van der Waals surface area contributed by atoms with Gasteiger partial charge in [0, 0.05) is 18.3 Å². The fourth-order valence-corrected chi connectivity index (χ4v) is 3.02. The van der Waals surface area contributed by atoms with Gasteiger partial charge in [-0.1, -0.05) is 13.3 Å². The first-order chi connectivity index (χ1) is 8.72. The van der Waals surface area contributed by atoms with Gasteiger partial charge in [-0.3, -0.25) is 0 Å². The molecule has 0 bridgehead atoms. The van der Waals surface area contributed by atoms with E-state index < -0.39 is 0 Å². The molecule has 0 fully saturated rings. The Hall–Kier alpha value is -0.940. The summed E-state index contributed by atoms with van der Waals surface area (Å²) in [6.07, 6.45) is 2.08. The Balaban J connectivity index is 2.39. The SMILES string of the molecule is CCCc1cc(NCC)nc(-c2ccc(Br)s2)n1. The fourth-order valence-electron chi connectivity index (χ4n) is 1.70. The van der Waals surface area contributed by atoms with E-state index in [4.69, 9.17) is 0 Å². The smallest absolute Gasteiger partial charge is 0.171 e. The van der Waals surface area contributed by atoms with Crippen LogP contribution in [0.3, 0.4) is 0 Å². The van der Waals surface area contributed by atoms with Crippen LogP contribution in [0, 0.1) is 0 Å². The van der Waals surface area contributed by atoms with Crippen LogP contribution in [0.15, 0.2) is 22.0 Å². The molecule has 0 radical (unpaired) electrons. The molecule has 0 spiro atoms. The van der Waals surface area contributed by atoms with Gasteiger partial charge in [-0.15, -0.1) is 11.3 Å². The lowest BCUT2D eigenvalue weighted by Gasteiger charge is -2.07. The maximum absolute atomic E-state index is 4.63. The van der Waals surface area contributed by atoms with E-state index in [9.17, 15) is 0 Å². The molecule has 2 heterocycles. The fraction of sp³-hybridized carbons (Fsp3) is 0.385. The van der Waals surface area contributed by atoms with E-state index in [1.54, 1.807) is 11.3 Å². The molecule has 3 nitrogen and oxygen atoms in total. The molecular formula is C13H16BrN3S. The molecule has 0 saturated carbocycles. The van der Waals surface area contributed by atoms with Gasteiger partial charge in [0.2, 0.25) is 0 Å². The number of rotatable bonds is 5. The van der Waals surface area contributed by atoms with Gasteiger partial charge in [0.1, 0.15) is 5.82 Å². The molecular weight excluding hydrogens is 310 g/mol. The Morgan fingerprint density at radius 2 is 2.11 bits per heavy atom. The third-order valence-electron chi connectivity index (χ3n) is 2.44. The van der Waals surface area contributed by atoms with Crippen molar-refractivity contribution in [3.63, 3.8) is 0 Å². The zero-order chi connectivity index (χ0) is 13.0. The Kier molecular flexibility index (Phi) is 4.72. The van der Waals surface area contributed by atoms with Crippen molar-refractivity contribution in [2.24, 2.45) is 0 Å². The molecule has 0 atom stereocenters. The predicted molar refractivity (Wildman–Crippen MR) is 81.2 cm³/mol. The number of hydrogen-bond acceptors (Lipinski definition) is 4. The summed E-state index contributed by atoms with van der Waals surface area (Å²) in [5.74, 6) is 1.73. The largest absolute Gasteiger partial charge is 0.370 e. The summed E-state index contributed by atoms with van der Waals surface area (Å²) in [5.41, 5.74) is 1.10. The van der Waals surface area contributed by atoms with Crippen molar-refractivity contribution in [3.8, 4) is 10.7 Å². The lowest BCUT2D eigenvalue weighted by Crippen LogP contribution is -2.03. The Labute approximate surface area is 120 Å². The molecule has 0 amide bonds. The quantitative estimate of drug-likeness (QED) is 0.887. The number of aromatic nitrogens is 2. The maximum atomic E-state index is 4.63. The third kappa shape index (κ3) is 3.29. The minimum absolute atomic E-state index is 0.813. The summed E-state index contributed by atoms with van der Waals surface area (Å²) < 4.78 is 1.10. The summed E-state index contributed by atoms with van der Waals surface area (Å²) >= 11 is 5.13. The number of thiophene rings is 1. The van der Waals surface area contributed by atoms with Gasteiger partial charge in [-0.05, 0) is 41.4 Å². The molecule has 2 rings (SSSR count). The second-order valence-corrected chi connectivity index (χ2v) is 6.42. The van der Waals surface area contributed by atoms with Gasteiger partial charge in [0.25, 0.3) is 0 Å². The van der Waals surface area contributed by atoms with Crippen LogP contribution in [0.1, 0.15) is 26.0 Å². The summed E-state index contributed by atoms with van der Waals surface area (Å²) in [7, 11) is 0. The number of halogens is 1. The van der Waals surface area contributed by atoms with Gasteiger partial charge >= 0.3 is 0 Å². The van der Waals surface area contributed by atoms with Crippen molar-refractivity contribution >= 4 is 33.1 Å². The van der Waals surface area contributed by atoms with Crippen LogP contribution in [0.4, 0.5) is 5.82 Å². The molecule has 2 aromatic heterocycles. The monoisotopic (exact) mass is 325 g/mol. The van der Waals surface area contributed by atoms with Gasteiger partial charge in [0.05, 0.1) is 8.66 Å². The highest BCUT2D eigenvalue weighted by atomic mass is 79.9. The average molecular weight is 326 g/mol. The molecule has 96 valence electrons. The first kappa shape index (κ1) is 13.5. The van der Waals surface area contributed by atoms with E-state index in [2.05, 4.69) is 51.1 Å². The highest BCUT2D eigenvalue weighted by Gasteiger charge is 2.08. The summed E-state index contributed by atoms with van der Waals surface area (Å²) in [6, 6.07) is 6.12. The Bertz CT molecular complexity index is 500. The molecule has 0 aliphatic heterocycles. The topological polar surface area (TPSA) is 37.8 Å². The van der Waals surface area contributed by atoms with Gasteiger partial charge in [0.15, 0.2) is 5.82 Å². The molecule has 5 heteroatoms. The van der Waals surface area contributed by atoms with Crippen molar-refractivity contribution in [1.82, 2.24) is 9.97 Å². The average Bonchev–Trinajstić information content (AvgIpc) is 2.76. The zero-order valence-electron chi connectivity index (χ0n) is 10.5. The highest BCUT2D eigenvalue weighted by Crippen LogP contribution is 2.30. The number of nitrogens with zero attached hydrogens (tertiary/aromatic N) is 2. The van der Waals surface area contributed by atoms with Gasteiger partial charge < -0.3 is 5.32 Å². The minimum atomic E-state index is 0.813. The van der Waals surface area contributed by atoms with Crippen LogP contribution in [-0.4, -0.2) is 16.5 Å². The van der Waals surface area contributed by atoms with Crippen LogP contribution >= 0.6 is 27.3 Å². The van der Waals surface area contributed by atoms with Crippen LogP contribution < -0.4 is 5.32 Å². The second-order valence-electron chi connectivity index (χ2n) is 3.95. The van der Waals surface area contributed by atoms with Crippen LogP contribution in [0.25, 0.3) is 10.7 Å².